The van der Waals surface area contributed by atoms with Crippen molar-refractivity contribution in [1.82, 2.24) is 39.3 Å². The standard InChI is InChI=1S/C40H48IN8O7/c1-26-19-27-20-30-23-48(43-35(26)30)24-55-38(52)41-39(53)56-25-49-34-6-4-3-5-29(34)22-32(36(49)50)28-7-13-47(14-8-28)40(54)42-33(21-27)37(51)46-17-15-45(16-18-46)31-9-11-44(2)12-10-31/h3-6,19-20,22-23,28,31,33H,7-18,21,24-25H2,1-2H3,(H,42,54)/q-1/t33-/m1/s1. The molecule has 5 aliphatic rings. The number of amides is 3. The average Bonchev–Trinajstić information content (AvgIpc) is 3.63. The van der Waals surface area contributed by atoms with Crippen LogP contribution < -0.4 is 32.1 Å². The first-order valence-electron chi connectivity index (χ1n) is 19.4. The van der Waals surface area contributed by atoms with Gasteiger partial charge >= 0.3 is 261 Å². The molecule has 4 aromatic rings. The quantitative estimate of drug-likeness (QED) is 0.225. The molecule has 0 radical (unpaired) electrons. The van der Waals surface area contributed by atoms with Crippen molar-refractivity contribution in [3.63, 3.8) is 0 Å². The molecule has 0 saturated carbocycles. The number of ether oxygens (including phenoxy) is 2. The molecule has 5 aliphatic heterocycles. The Hall–Kier alpha value is -4.55. The van der Waals surface area contributed by atoms with Crippen LogP contribution in [-0.4, -0.2) is 125 Å². The molecule has 9 rings (SSSR count). The number of carbonyl (C=O) groups excluding carboxylic acids is 4. The van der Waals surface area contributed by atoms with Gasteiger partial charge in [-0.2, -0.15) is 0 Å². The number of piperazine rings is 1. The SMILES string of the molecule is Cc1cc2cc3cn(nc13)COC(=O)[I-]C(=O)OCn1c(=O)c(cc3ccccc31)C1CCN(CC1)C(=O)N[C@@H](C(=O)N1CCN(C3CCN(C)CC3)CC1)C2. The van der Waals surface area contributed by atoms with Gasteiger partial charge in [0.25, 0.3) is 0 Å². The van der Waals surface area contributed by atoms with E-state index in [-0.39, 0.29) is 43.3 Å². The van der Waals surface area contributed by atoms with E-state index in [0.29, 0.717) is 61.7 Å². The fraction of sp³-hybridized carbons (Fsp3) is 0.500. The monoisotopic (exact) mass is 879 g/mol. The van der Waals surface area contributed by atoms with Crippen molar-refractivity contribution in [2.75, 3.05) is 59.4 Å². The summed E-state index contributed by atoms with van der Waals surface area (Å²) in [5, 5.41) is 9.36. The second kappa shape index (κ2) is 16.5. The van der Waals surface area contributed by atoms with Gasteiger partial charge in [0.1, 0.15) is 0 Å². The normalized spacial score (nSPS) is 22.9. The summed E-state index contributed by atoms with van der Waals surface area (Å²) >= 11 is -1.81. The summed E-state index contributed by atoms with van der Waals surface area (Å²) in [6.45, 7) is 7.21. The van der Waals surface area contributed by atoms with Crippen molar-refractivity contribution in [2.45, 2.75) is 70.5 Å². The van der Waals surface area contributed by atoms with Crippen molar-refractivity contribution in [2.24, 2.45) is 0 Å². The van der Waals surface area contributed by atoms with Crippen LogP contribution in [0.2, 0.25) is 0 Å². The Morgan fingerprint density at radius 1 is 0.839 bits per heavy atom. The Balaban J connectivity index is 1.06. The molecule has 1 N–H and O–H groups in total. The van der Waals surface area contributed by atoms with Crippen LogP contribution in [0.1, 0.15) is 48.3 Å². The fourth-order valence-electron chi connectivity index (χ4n) is 8.70. The summed E-state index contributed by atoms with van der Waals surface area (Å²) in [5.41, 5.74) is 3.39. The van der Waals surface area contributed by atoms with Crippen molar-refractivity contribution < 1.29 is 49.9 Å². The van der Waals surface area contributed by atoms with E-state index in [0.717, 1.165) is 60.9 Å². The zero-order valence-electron chi connectivity index (χ0n) is 31.8. The Kier molecular flexibility index (Phi) is 11.3. The number of piperidine rings is 2. The summed E-state index contributed by atoms with van der Waals surface area (Å²) in [6.07, 6.45) is 5.42. The maximum atomic E-state index is 14.4. The van der Waals surface area contributed by atoms with Crippen molar-refractivity contribution in [3.05, 3.63) is 75.7 Å². The number of nitrogens with zero attached hydrogens (tertiary/aromatic N) is 7. The first-order valence-corrected chi connectivity index (χ1v) is 21.6. The van der Waals surface area contributed by atoms with Gasteiger partial charge in [-0.05, 0) is 33.0 Å². The molecule has 0 unspecified atom stereocenters. The van der Waals surface area contributed by atoms with Crippen LogP contribution >= 0.6 is 0 Å². The van der Waals surface area contributed by atoms with E-state index in [2.05, 4.69) is 27.3 Å². The Morgan fingerprint density at radius 2 is 1.55 bits per heavy atom. The van der Waals surface area contributed by atoms with Crippen molar-refractivity contribution in [3.8, 4) is 0 Å². The van der Waals surface area contributed by atoms with E-state index in [1.165, 1.54) is 9.25 Å². The molecular formula is C40H48IN8O7-. The predicted octanol–water partition coefficient (Wildman–Crippen LogP) is 0.689. The summed E-state index contributed by atoms with van der Waals surface area (Å²) < 4.78 is 12.5. The number of nitrogens with one attached hydrogen (secondary N) is 1. The summed E-state index contributed by atoms with van der Waals surface area (Å²) in [5.74, 6) is -0.227. The summed E-state index contributed by atoms with van der Waals surface area (Å²) in [4.78, 5) is 76.4. The molecule has 298 valence electrons. The van der Waals surface area contributed by atoms with Gasteiger partial charge in [-0.1, -0.05) is 0 Å². The number of fused-ring (bicyclic) bond motifs is 12. The maximum absolute atomic E-state index is 14.4. The van der Waals surface area contributed by atoms with E-state index >= 15 is 0 Å². The van der Waals surface area contributed by atoms with E-state index in [1.807, 2.05) is 48.2 Å². The molecule has 2 aromatic heterocycles. The van der Waals surface area contributed by atoms with Gasteiger partial charge in [0.05, 0.1) is 0 Å². The Morgan fingerprint density at radius 3 is 2.30 bits per heavy atom. The number of pyridine rings is 1. The molecule has 3 fully saturated rings. The number of halogens is 1. The number of carbonyl (C=O) groups is 4. The van der Waals surface area contributed by atoms with E-state index in [4.69, 9.17) is 9.47 Å². The second-order valence-corrected chi connectivity index (χ2v) is 17.7. The number of benzene rings is 2. The van der Waals surface area contributed by atoms with E-state index < -0.39 is 35.2 Å². The molecule has 1 atom stereocenters. The number of hydrogen-bond acceptors (Lipinski definition) is 10. The van der Waals surface area contributed by atoms with Crippen LogP contribution in [0.4, 0.5) is 14.4 Å². The molecule has 16 heteroatoms. The van der Waals surface area contributed by atoms with Crippen molar-refractivity contribution >= 4 is 41.7 Å². The molecule has 2 aromatic carbocycles. The van der Waals surface area contributed by atoms with Crippen molar-refractivity contribution in [1.29, 1.82) is 0 Å². The van der Waals surface area contributed by atoms with Crippen LogP contribution in [0.25, 0.3) is 21.8 Å². The van der Waals surface area contributed by atoms with Crippen LogP contribution in [0.5, 0.6) is 0 Å². The number of aryl methyl sites for hydroxylation is 1. The third kappa shape index (κ3) is 8.27. The Bertz CT molecular complexity index is 2200. The van der Waals surface area contributed by atoms with Crippen LogP contribution in [0.15, 0.2) is 53.5 Å². The van der Waals surface area contributed by atoms with Crippen LogP contribution in [0, 0.1) is 6.92 Å². The molecule has 7 bridgehead atoms. The van der Waals surface area contributed by atoms with Gasteiger partial charge in [0.2, 0.25) is 0 Å². The molecule has 3 amide bonds. The van der Waals surface area contributed by atoms with Gasteiger partial charge in [-0.3, -0.25) is 4.90 Å². The third-order valence-electron chi connectivity index (χ3n) is 11.8. The average molecular weight is 880 g/mol. The van der Waals surface area contributed by atoms with E-state index in [9.17, 15) is 24.0 Å². The van der Waals surface area contributed by atoms with Gasteiger partial charge in [-0.15, -0.1) is 0 Å². The number of aromatic nitrogens is 3. The predicted molar refractivity (Wildman–Crippen MR) is 204 cm³/mol. The van der Waals surface area contributed by atoms with E-state index in [1.54, 1.807) is 17.2 Å². The molecule has 3 saturated heterocycles. The number of likely N-dealkylation sites (tertiary alicyclic amines) is 1. The van der Waals surface area contributed by atoms with Gasteiger partial charge < -0.3 is 4.90 Å². The number of hydrogen-bond donors (Lipinski definition) is 1. The molecule has 56 heavy (non-hydrogen) atoms. The molecule has 0 aliphatic carbocycles. The summed E-state index contributed by atoms with van der Waals surface area (Å²) in [7, 11) is 2.16. The Labute approximate surface area is 335 Å². The first kappa shape index (κ1) is 38.3. The number of para-hydroxylation sites is 1. The van der Waals surface area contributed by atoms with Crippen LogP contribution in [-0.2, 0) is 34.2 Å². The van der Waals surface area contributed by atoms with Gasteiger partial charge in [-0.25, -0.2) is 0 Å². The molecule has 15 nitrogen and oxygen atoms in total. The van der Waals surface area contributed by atoms with Gasteiger partial charge in [0.15, 0.2) is 0 Å². The zero-order valence-corrected chi connectivity index (χ0v) is 34.0. The number of urea groups is 1. The minimum atomic E-state index is -1.81. The van der Waals surface area contributed by atoms with Gasteiger partial charge in [0, 0.05) is 32.2 Å². The third-order valence-corrected chi connectivity index (χ3v) is 13.3. The van der Waals surface area contributed by atoms with Crippen LogP contribution in [0.3, 0.4) is 0 Å². The number of rotatable bonds is 2. The summed E-state index contributed by atoms with van der Waals surface area (Å²) in [6, 6.07) is 12.7. The molecule has 7 heterocycles. The first-order chi connectivity index (χ1) is 27.1. The second-order valence-electron chi connectivity index (χ2n) is 15.4. The molecular weight excluding hydrogens is 831 g/mol. The topological polar surface area (TPSA) is 152 Å². The zero-order chi connectivity index (χ0) is 38.9. The fourth-order valence-corrected chi connectivity index (χ4v) is 9.65. The molecule has 0 spiro atoms. The minimum absolute atomic E-state index is 0.0982.